The van der Waals surface area contributed by atoms with Gasteiger partial charge in [0.25, 0.3) is 0 Å². The smallest absolute Gasteiger partial charge is 0.134 e. The lowest BCUT2D eigenvalue weighted by molar-refractivity contribution is 0.411. The van der Waals surface area contributed by atoms with Gasteiger partial charge in [0, 0.05) is 5.56 Å². The summed E-state index contributed by atoms with van der Waals surface area (Å²) < 4.78 is 33.1. The van der Waals surface area contributed by atoms with Gasteiger partial charge < -0.3 is 4.74 Å². The van der Waals surface area contributed by atoms with E-state index in [1.807, 2.05) is 6.92 Å². The summed E-state index contributed by atoms with van der Waals surface area (Å²) >= 11 is 6.26. The Morgan fingerprint density at radius 3 is 2.35 bits per heavy atom. The minimum atomic E-state index is -0.875. The molecule has 0 saturated carbocycles. The Morgan fingerprint density at radius 1 is 1.05 bits per heavy atom. The summed E-state index contributed by atoms with van der Waals surface area (Å²) in [6, 6.07) is 7.87. The molecule has 0 radical (unpaired) electrons. The first-order valence-electron chi connectivity index (χ1n) is 6.18. The number of aryl methyl sites for hydroxylation is 2. The maximum atomic E-state index is 14.1. The number of methoxy groups -OCH3 is 1. The highest BCUT2D eigenvalue weighted by Gasteiger charge is 2.21. The molecule has 20 heavy (non-hydrogen) atoms. The third kappa shape index (κ3) is 2.63. The number of halogens is 3. The van der Waals surface area contributed by atoms with Crippen molar-refractivity contribution in [1.82, 2.24) is 0 Å². The van der Waals surface area contributed by atoms with Crippen molar-refractivity contribution in [3.8, 4) is 5.75 Å². The average molecular weight is 297 g/mol. The van der Waals surface area contributed by atoms with Gasteiger partial charge >= 0.3 is 0 Å². The molecule has 2 aromatic rings. The van der Waals surface area contributed by atoms with Gasteiger partial charge in [-0.05, 0) is 42.7 Å². The van der Waals surface area contributed by atoms with Crippen molar-refractivity contribution in [2.75, 3.05) is 7.11 Å². The van der Waals surface area contributed by atoms with Gasteiger partial charge in [0.1, 0.15) is 17.4 Å². The number of rotatable bonds is 3. The fraction of sp³-hybridized carbons (Fsp3) is 0.250. The second-order valence-electron chi connectivity index (χ2n) is 4.68. The van der Waals surface area contributed by atoms with Crippen LogP contribution < -0.4 is 4.74 Å². The van der Waals surface area contributed by atoms with Crippen LogP contribution in [-0.4, -0.2) is 7.11 Å². The van der Waals surface area contributed by atoms with Gasteiger partial charge in [0.15, 0.2) is 0 Å². The van der Waals surface area contributed by atoms with E-state index in [2.05, 4.69) is 0 Å². The first kappa shape index (κ1) is 14.8. The van der Waals surface area contributed by atoms with E-state index in [1.165, 1.54) is 12.1 Å². The van der Waals surface area contributed by atoms with Crippen LogP contribution in [0.2, 0.25) is 0 Å². The first-order chi connectivity index (χ1) is 9.45. The van der Waals surface area contributed by atoms with Gasteiger partial charge in [-0.3, -0.25) is 0 Å². The maximum absolute atomic E-state index is 14.1. The van der Waals surface area contributed by atoms with Gasteiger partial charge in [0.05, 0.1) is 12.5 Å². The Balaban J connectivity index is 2.49. The SMILES string of the molecule is COc1ccc(C(Cl)c2c(F)ccc(C)c2F)cc1C. The molecule has 1 nitrogen and oxygen atoms in total. The summed E-state index contributed by atoms with van der Waals surface area (Å²) in [6.45, 7) is 3.44. The van der Waals surface area contributed by atoms with Crippen molar-refractivity contribution in [1.29, 1.82) is 0 Å². The highest BCUT2D eigenvalue weighted by Crippen LogP contribution is 2.35. The summed E-state index contributed by atoms with van der Waals surface area (Å²) in [5, 5.41) is -0.875. The van der Waals surface area contributed by atoms with Crippen molar-refractivity contribution in [2.45, 2.75) is 19.2 Å². The fourth-order valence-electron chi connectivity index (χ4n) is 2.14. The lowest BCUT2D eigenvalue weighted by Gasteiger charge is -2.15. The van der Waals surface area contributed by atoms with E-state index < -0.39 is 17.0 Å². The summed E-state index contributed by atoms with van der Waals surface area (Å²) in [5.74, 6) is -0.525. The predicted molar refractivity (Wildman–Crippen MR) is 76.5 cm³/mol. The van der Waals surface area contributed by atoms with Crippen LogP contribution in [0.25, 0.3) is 0 Å². The summed E-state index contributed by atoms with van der Waals surface area (Å²) in [5.41, 5.74) is 1.76. The zero-order chi connectivity index (χ0) is 14.9. The monoisotopic (exact) mass is 296 g/mol. The molecule has 0 bridgehead atoms. The predicted octanol–water partition coefficient (Wildman–Crippen LogP) is 4.92. The fourth-order valence-corrected chi connectivity index (χ4v) is 2.47. The molecule has 0 heterocycles. The van der Waals surface area contributed by atoms with E-state index in [9.17, 15) is 8.78 Å². The van der Waals surface area contributed by atoms with Crippen molar-refractivity contribution >= 4 is 11.6 Å². The van der Waals surface area contributed by atoms with Crippen LogP contribution in [0.3, 0.4) is 0 Å². The second-order valence-corrected chi connectivity index (χ2v) is 5.12. The molecule has 1 unspecified atom stereocenters. The summed E-state index contributed by atoms with van der Waals surface area (Å²) in [6.07, 6.45) is 0. The number of benzene rings is 2. The molecule has 0 spiro atoms. The van der Waals surface area contributed by atoms with Gasteiger partial charge in [-0.2, -0.15) is 0 Å². The largest absolute Gasteiger partial charge is 0.496 e. The molecule has 0 aliphatic heterocycles. The van der Waals surface area contributed by atoms with E-state index >= 15 is 0 Å². The molecule has 0 aliphatic rings. The van der Waals surface area contributed by atoms with Crippen LogP contribution in [-0.2, 0) is 0 Å². The number of hydrogen-bond acceptors (Lipinski definition) is 1. The van der Waals surface area contributed by atoms with Crippen LogP contribution in [0, 0.1) is 25.5 Å². The molecule has 0 amide bonds. The molecule has 0 saturated heterocycles. The molecule has 1 atom stereocenters. The minimum Gasteiger partial charge on any atom is -0.496 e. The molecule has 2 aromatic carbocycles. The Kier molecular flexibility index (Phi) is 4.29. The Morgan fingerprint density at radius 2 is 1.75 bits per heavy atom. The molecular weight excluding hydrogens is 282 g/mol. The lowest BCUT2D eigenvalue weighted by Crippen LogP contribution is -2.03. The quantitative estimate of drug-likeness (QED) is 0.731. The van der Waals surface area contributed by atoms with Crippen molar-refractivity contribution in [2.24, 2.45) is 0 Å². The number of ether oxygens (including phenoxy) is 1. The summed E-state index contributed by atoms with van der Waals surface area (Å²) in [7, 11) is 1.57. The maximum Gasteiger partial charge on any atom is 0.134 e. The van der Waals surface area contributed by atoms with Gasteiger partial charge in [0.2, 0.25) is 0 Å². The number of hydrogen-bond donors (Lipinski definition) is 0. The average Bonchev–Trinajstić information content (AvgIpc) is 2.43. The van der Waals surface area contributed by atoms with Crippen LogP contribution in [0.5, 0.6) is 5.75 Å². The zero-order valence-electron chi connectivity index (χ0n) is 11.5. The standard InChI is InChI=1S/C16H15ClF2O/c1-9-4-6-12(18)14(16(9)19)15(17)11-5-7-13(20-3)10(2)8-11/h4-8,15H,1-3H3. The van der Waals surface area contributed by atoms with E-state index in [4.69, 9.17) is 16.3 Å². The molecule has 0 aliphatic carbocycles. The highest BCUT2D eigenvalue weighted by atomic mass is 35.5. The molecule has 0 N–H and O–H groups in total. The van der Waals surface area contributed by atoms with Crippen LogP contribution in [0.15, 0.2) is 30.3 Å². The van der Waals surface area contributed by atoms with Gasteiger partial charge in [-0.25, -0.2) is 8.78 Å². The Bertz CT molecular complexity index is 641. The van der Waals surface area contributed by atoms with Crippen molar-refractivity contribution in [3.63, 3.8) is 0 Å². The molecule has 106 valence electrons. The molecule has 2 rings (SSSR count). The third-order valence-electron chi connectivity index (χ3n) is 3.28. The lowest BCUT2D eigenvalue weighted by atomic mass is 9.99. The topological polar surface area (TPSA) is 9.23 Å². The van der Waals surface area contributed by atoms with Crippen molar-refractivity contribution in [3.05, 3.63) is 64.2 Å². The number of alkyl halides is 1. The zero-order valence-corrected chi connectivity index (χ0v) is 12.3. The van der Waals surface area contributed by atoms with Crippen LogP contribution in [0.1, 0.15) is 27.6 Å². The Hall–Kier alpha value is -1.61. The molecular formula is C16H15ClF2O. The molecule has 0 fully saturated rings. The Labute approximate surface area is 122 Å². The van der Waals surface area contributed by atoms with E-state index in [1.54, 1.807) is 32.2 Å². The minimum absolute atomic E-state index is 0.115. The normalized spacial score (nSPS) is 12.3. The first-order valence-corrected chi connectivity index (χ1v) is 6.62. The van der Waals surface area contributed by atoms with Crippen LogP contribution in [0.4, 0.5) is 8.78 Å². The third-order valence-corrected chi connectivity index (χ3v) is 3.75. The van der Waals surface area contributed by atoms with Gasteiger partial charge in [-0.15, -0.1) is 11.6 Å². The van der Waals surface area contributed by atoms with Crippen molar-refractivity contribution < 1.29 is 13.5 Å². The molecule has 0 aromatic heterocycles. The molecule has 4 heteroatoms. The van der Waals surface area contributed by atoms with E-state index in [-0.39, 0.29) is 5.56 Å². The van der Waals surface area contributed by atoms with E-state index in [0.29, 0.717) is 16.9 Å². The second kappa shape index (κ2) is 5.80. The van der Waals surface area contributed by atoms with E-state index in [0.717, 1.165) is 5.56 Å². The van der Waals surface area contributed by atoms with Crippen LogP contribution >= 0.6 is 11.6 Å². The van der Waals surface area contributed by atoms with Gasteiger partial charge in [-0.1, -0.05) is 18.2 Å². The highest BCUT2D eigenvalue weighted by molar-refractivity contribution is 6.22. The summed E-state index contributed by atoms with van der Waals surface area (Å²) in [4.78, 5) is 0.